The summed E-state index contributed by atoms with van der Waals surface area (Å²) in [6.45, 7) is 6.70. The molecule has 7 nitrogen and oxygen atoms in total. The number of morpholine rings is 1. The van der Waals surface area contributed by atoms with E-state index in [1.807, 2.05) is 26.2 Å². The number of carbonyl (C=O) groups is 2. The van der Waals surface area contributed by atoms with Crippen molar-refractivity contribution >= 4 is 23.2 Å². The number of thiazole rings is 1. The maximum absolute atomic E-state index is 12.5. The van der Waals surface area contributed by atoms with Crippen LogP contribution in [-0.4, -0.2) is 53.7 Å². The smallest absolute Gasteiger partial charge is 0.342 e. The molecule has 1 aromatic carbocycles. The van der Waals surface area contributed by atoms with Crippen LogP contribution >= 0.6 is 11.3 Å². The Bertz CT molecular complexity index is 828. The number of aryl methyl sites for hydroxylation is 1. The molecule has 0 radical (unpaired) electrons. The predicted molar refractivity (Wildman–Crippen MR) is 104 cm³/mol. The molecule has 1 aliphatic rings. The molecule has 3 rings (SSSR count). The first kappa shape index (κ1) is 20.3. The van der Waals surface area contributed by atoms with E-state index in [-0.39, 0.29) is 36.9 Å². The summed E-state index contributed by atoms with van der Waals surface area (Å²) in [5, 5.41) is 2.87. The Morgan fingerprint density at radius 2 is 1.96 bits per heavy atom. The number of esters is 1. The van der Waals surface area contributed by atoms with Crippen LogP contribution in [0.25, 0.3) is 0 Å². The van der Waals surface area contributed by atoms with E-state index < -0.39 is 5.97 Å². The van der Waals surface area contributed by atoms with Gasteiger partial charge in [-0.05, 0) is 32.9 Å². The highest BCUT2D eigenvalue weighted by Crippen LogP contribution is 2.21. The molecule has 1 aliphatic heterocycles. The van der Waals surface area contributed by atoms with Crippen LogP contribution in [0.15, 0.2) is 29.6 Å². The normalized spacial score (nSPS) is 19.3. The van der Waals surface area contributed by atoms with Crippen molar-refractivity contribution in [2.24, 2.45) is 0 Å². The van der Waals surface area contributed by atoms with Gasteiger partial charge in [0, 0.05) is 18.5 Å². The fourth-order valence-electron chi connectivity index (χ4n) is 3.07. The predicted octanol–water partition coefficient (Wildman–Crippen LogP) is 2.82. The minimum Gasteiger partial charge on any atom is -0.486 e. The van der Waals surface area contributed by atoms with Gasteiger partial charge in [0.05, 0.1) is 22.9 Å². The van der Waals surface area contributed by atoms with Crippen LogP contribution in [0.1, 0.15) is 34.9 Å². The summed E-state index contributed by atoms with van der Waals surface area (Å²) < 4.78 is 16.6. The second kappa shape index (κ2) is 9.16. The van der Waals surface area contributed by atoms with E-state index in [9.17, 15) is 9.59 Å². The third-order valence-electron chi connectivity index (χ3n) is 4.25. The van der Waals surface area contributed by atoms with Gasteiger partial charge in [-0.1, -0.05) is 12.1 Å². The first-order valence-electron chi connectivity index (χ1n) is 9.15. The van der Waals surface area contributed by atoms with Crippen LogP contribution in [0, 0.1) is 6.92 Å². The van der Waals surface area contributed by atoms with Crippen molar-refractivity contribution in [3.05, 3.63) is 45.9 Å². The molecule has 2 heterocycles. The maximum Gasteiger partial charge on any atom is 0.342 e. The first-order chi connectivity index (χ1) is 13.4. The summed E-state index contributed by atoms with van der Waals surface area (Å²) >= 11 is 1.54. The van der Waals surface area contributed by atoms with Crippen molar-refractivity contribution < 1.29 is 23.8 Å². The first-order valence-corrected chi connectivity index (χ1v) is 10.0. The van der Waals surface area contributed by atoms with Crippen molar-refractivity contribution in [3.63, 3.8) is 0 Å². The minimum absolute atomic E-state index is 0.0353. The van der Waals surface area contributed by atoms with Gasteiger partial charge in [0.1, 0.15) is 17.9 Å². The zero-order valence-electron chi connectivity index (χ0n) is 16.2. The molecule has 0 spiro atoms. The molecule has 0 aliphatic carbocycles. The molecular weight excluding hydrogens is 380 g/mol. The quantitative estimate of drug-likeness (QED) is 0.689. The van der Waals surface area contributed by atoms with Gasteiger partial charge in [-0.3, -0.25) is 4.79 Å². The molecule has 1 saturated heterocycles. The topological polar surface area (TPSA) is 78.0 Å². The molecule has 1 fully saturated rings. The summed E-state index contributed by atoms with van der Waals surface area (Å²) in [7, 11) is 0. The monoisotopic (exact) mass is 404 g/mol. The summed E-state index contributed by atoms with van der Waals surface area (Å²) in [5.41, 5.74) is 1.09. The van der Waals surface area contributed by atoms with Crippen LogP contribution in [0.4, 0.5) is 0 Å². The number of rotatable bonds is 6. The van der Waals surface area contributed by atoms with Crippen LogP contribution in [0.5, 0.6) is 5.75 Å². The Hall–Kier alpha value is -2.45. The molecular formula is C20H24N2O5S. The molecule has 1 aromatic heterocycles. The van der Waals surface area contributed by atoms with Crippen molar-refractivity contribution in [3.8, 4) is 5.75 Å². The van der Waals surface area contributed by atoms with E-state index in [4.69, 9.17) is 14.2 Å². The van der Waals surface area contributed by atoms with E-state index in [1.54, 1.807) is 40.5 Å². The maximum atomic E-state index is 12.5. The zero-order chi connectivity index (χ0) is 20.1. The Labute approximate surface area is 168 Å². The summed E-state index contributed by atoms with van der Waals surface area (Å²) in [6, 6.07) is 6.82. The van der Waals surface area contributed by atoms with E-state index in [0.29, 0.717) is 18.8 Å². The number of amides is 1. The fourth-order valence-corrected chi connectivity index (χ4v) is 3.66. The number of nitrogens with zero attached hydrogens (tertiary/aromatic N) is 2. The highest BCUT2D eigenvalue weighted by molar-refractivity contribution is 7.09. The standard InChI is InChI=1S/C20H24N2O5S/c1-13-8-22(9-14(2)27-13)19(23)11-26-20(24)17-6-4-5-7-18(17)25-10-16-12-28-15(3)21-16/h4-7,12-14H,8-11H2,1-3H3/t13-,14+. The summed E-state index contributed by atoms with van der Waals surface area (Å²) in [4.78, 5) is 30.9. The lowest BCUT2D eigenvalue weighted by Crippen LogP contribution is -2.49. The molecule has 0 saturated carbocycles. The molecule has 28 heavy (non-hydrogen) atoms. The second-order valence-electron chi connectivity index (χ2n) is 6.77. The Morgan fingerprint density at radius 3 is 2.64 bits per heavy atom. The van der Waals surface area contributed by atoms with Crippen molar-refractivity contribution in [2.45, 2.75) is 39.6 Å². The Kier molecular flexibility index (Phi) is 6.64. The van der Waals surface area contributed by atoms with Crippen molar-refractivity contribution in [1.82, 2.24) is 9.88 Å². The lowest BCUT2D eigenvalue weighted by molar-refractivity contribution is -0.146. The number of para-hydroxylation sites is 1. The van der Waals surface area contributed by atoms with Crippen LogP contribution < -0.4 is 4.74 Å². The van der Waals surface area contributed by atoms with Gasteiger partial charge in [-0.25, -0.2) is 9.78 Å². The van der Waals surface area contributed by atoms with Crippen LogP contribution in [0.3, 0.4) is 0 Å². The Morgan fingerprint density at radius 1 is 1.25 bits per heavy atom. The van der Waals surface area contributed by atoms with E-state index in [2.05, 4.69) is 4.98 Å². The third kappa shape index (κ3) is 5.30. The third-order valence-corrected chi connectivity index (χ3v) is 5.07. The number of hydrogen-bond donors (Lipinski definition) is 0. The van der Waals surface area contributed by atoms with E-state index in [0.717, 1.165) is 10.7 Å². The average molecular weight is 404 g/mol. The van der Waals surface area contributed by atoms with Gasteiger partial charge >= 0.3 is 5.97 Å². The van der Waals surface area contributed by atoms with E-state index in [1.165, 1.54) is 0 Å². The molecule has 0 unspecified atom stereocenters. The molecule has 8 heteroatoms. The molecule has 150 valence electrons. The van der Waals surface area contributed by atoms with Crippen LogP contribution in [0.2, 0.25) is 0 Å². The molecule has 2 atom stereocenters. The van der Waals surface area contributed by atoms with E-state index >= 15 is 0 Å². The van der Waals surface area contributed by atoms with Crippen molar-refractivity contribution in [2.75, 3.05) is 19.7 Å². The molecule has 1 amide bonds. The Balaban J connectivity index is 1.57. The number of hydrogen-bond acceptors (Lipinski definition) is 7. The highest BCUT2D eigenvalue weighted by Gasteiger charge is 2.26. The molecule has 0 bridgehead atoms. The SMILES string of the molecule is Cc1nc(COc2ccccc2C(=O)OCC(=O)N2C[C@@H](C)O[C@@H](C)C2)cs1. The van der Waals surface area contributed by atoms with Gasteiger partial charge in [0.2, 0.25) is 0 Å². The summed E-state index contributed by atoms with van der Waals surface area (Å²) in [6.07, 6.45) is -0.0706. The molecule has 2 aromatic rings. The lowest BCUT2D eigenvalue weighted by atomic mass is 10.2. The average Bonchev–Trinajstić information content (AvgIpc) is 3.09. The number of benzene rings is 1. The number of ether oxygens (including phenoxy) is 3. The lowest BCUT2D eigenvalue weighted by Gasteiger charge is -2.35. The van der Waals surface area contributed by atoms with Gasteiger partial charge in [0.15, 0.2) is 6.61 Å². The highest BCUT2D eigenvalue weighted by atomic mass is 32.1. The number of aromatic nitrogens is 1. The largest absolute Gasteiger partial charge is 0.486 e. The van der Waals surface area contributed by atoms with Gasteiger partial charge in [0.25, 0.3) is 5.91 Å². The van der Waals surface area contributed by atoms with Gasteiger partial charge in [-0.15, -0.1) is 11.3 Å². The molecule has 0 N–H and O–H groups in total. The van der Waals surface area contributed by atoms with Gasteiger partial charge in [-0.2, -0.15) is 0 Å². The van der Waals surface area contributed by atoms with Gasteiger partial charge < -0.3 is 19.1 Å². The van der Waals surface area contributed by atoms with Crippen molar-refractivity contribution in [1.29, 1.82) is 0 Å². The summed E-state index contributed by atoms with van der Waals surface area (Å²) in [5.74, 6) is -0.418. The zero-order valence-corrected chi connectivity index (χ0v) is 17.0. The fraction of sp³-hybridized carbons (Fsp3) is 0.450. The minimum atomic E-state index is -0.590. The second-order valence-corrected chi connectivity index (χ2v) is 7.84. The number of carbonyl (C=O) groups excluding carboxylic acids is 2. The van der Waals surface area contributed by atoms with Crippen LogP contribution in [-0.2, 0) is 20.9 Å².